The van der Waals surface area contributed by atoms with Crippen molar-refractivity contribution >= 4 is 27.7 Å². The number of rotatable bonds is 8. The van der Waals surface area contributed by atoms with Crippen molar-refractivity contribution in [2.45, 2.75) is 30.1 Å². The maximum Gasteiger partial charge on any atom is 0.243 e. The molecule has 0 saturated carbocycles. The Morgan fingerprint density at radius 2 is 1.96 bits per heavy atom. The van der Waals surface area contributed by atoms with Crippen molar-refractivity contribution in [2.75, 3.05) is 32.1 Å². The molecule has 152 valence electrons. The van der Waals surface area contributed by atoms with Crippen LogP contribution in [-0.4, -0.2) is 70.9 Å². The zero-order valence-corrected chi connectivity index (χ0v) is 17.1. The number of hydrogen-bond acceptors (Lipinski definition) is 8. The van der Waals surface area contributed by atoms with Crippen molar-refractivity contribution in [3.05, 3.63) is 29.8 Å². The van der Waals surface area contributed by atoms with E-state index >= 15 is 0 Å². The van der Waals surface area contributed by atoms with Gasteiger partial charge in [-0.15, -0.1) is 5.10 Å². The molecule has 1 aromatic heterocycles. The zero-order chi connectivity index (χ0) is 20.0. The number of carbonyl (C=O) groups is 1. The average Bonchev–Trinajstić information content (AvgIpc) is 3.19. The Balaban J connectivity index is 1.50. The summed E-state index contributed by atoms with van der Waals surface area (Å²) >= 11 is 1.26. The maximum atomic E-state index is 12.6. The Labute approximate surface area is 167 Å². The van der Waals surface area contributed by atoms with E-state index in [1.54, 1.807) is 28.9 Å². The molecule has 2 aromatic rings. The Morgan fingerprint density at radius 1 is 1.25 bits per heavy atom. The molecule has 28 heavy (non-hydrogen) atoms. The lowest BCUT2D eigenvalue weighted by molar-refractivity contribution is -0.118. The Bertz CT molecular complexity index is 894. The highest BCUT2D eigenvalue weighted by Gasteiger charge is 2.26. The number of tetrazole rings is 1. The molecule has 1 fully saturated rings. The van der Waals surface area contributed by atoms with Gasteiger partial charge in [-0.2, -0.15) is 4.31 Å². The van der Waals surface area contributed by atoms with E-state index in [0.717, 1.165) is 5.56 Å². The second kappa shape index (κ2) is 9.45. The summed E-state index contributed by atoms with van der Waals surface area (Å²) in [6.45, 7) is 4.41. The Kier molecular flexibility index (Phi) is 6.99. The van der Waals surface area contributed by atoms with Crippen LogP contribution in [0.3, 0.4) is 0 Å². The van der Waals surface area contributed by atoms with Gasteiger partial charge in [0.05, 0.1) is 23.9 Å². The molecule has 1 aliphatic heterocycles. The summed E-state index contributed by atoms with van der Waals surface area (Å²) in [6.07, 6.45) is 0. The van der Waals surface area contributed by atoms with Gasteiger partial charge in [-0.05, 0) is 35.0 Å². The van der Waals surface area contributed by atoms with Gasteiger partial charge in [-0.1, -0.05) is 23.9 Å². The summed E-state index contributed by atoms with van der Waals surface area (Å²) in [4.78, 5) is 12.3. The molecule has 0 radical (unpaired) electrons. The molecule has 1 amide bonds. The molecule has 1 N–H and O–H groups in total. The van der Waals surface area contributed by atoms with E-state index in [1.165, 1.54) is 16.1 Å². The maximum absolute atomic E-state index is 12.6. The van der Waals surface area contributed by atoms with E-state index in [4.69, 9.17) is 4.74 Å². The summed E-state index contributed by atoms with van der Waals surface area (Å²) in [5.74, 6) is 0.0461. The summed E-state index contributed by atoms with van der Waals surface area (Å²) < 4.78 is 33.4. The number of morpholine rings is 1. The second-order valence-corrected chi connectivity index (χ2v) is 8.88. The van der Waals surface area contributed by atoms with Crippen LogP contribution in [-0.2, 0) is 32.6 Å². The van der Waals surface area contributed by atoms with Crippen molar-refractivity contribution in [3.8, 4) is 0 Å². The molecule has 3 rings (SSSR count). The average molecular weight is 427 g/mol. The van der Waals surface area contributed by atoms with Gasteiger partial charge in [0.25, 0.3) is 0 Å². The first-order chi connectivity index (χ1) is 13.5. The fourth-order valence-corrected chi connectivity index (χ4v) is 4.77. The highest BCUT2D eigenvalue weighted by atomic mass is 32.2. The summed E-state index contributed by atoms with van der Waals surface area (Å²) in [6, 6.07) is 6.55. The van der Waals surface area contributed by atoms with Crippen LogP contribution in [0.15, 0.2) is 34.3 Å². The first kappa shape index (κ1) is 20.7. The Morgan fingerprint density at radius 3 is 2.64 bits per heavy atom. The molecule has 12 heteroatoms. The largest absolute Gasteiger partial charge is 0.379 e. The zero-order valence-electron chi connectivity index (χ0n) is 15.4. The molecule has 0 bridgehead atoms. The molecule has 0 atom stereocenters. The number of carbonyl (C=O) groups excluding carboxylic acids is 1. The predicted octanol–water partition coefficient (Wildman–Crippen LogP) is 0.122. The lowest BCUT2D eigenvalue weighted by Gasteiger charge is -2.26. The fraction of sp³-hybridized carbons (Fsp3) is 0.500. The predicted molar refractivity (Wildman–Crippen MR) is 102 cm³/mol. The smallest absolute Gasteiger partial charge is 0.243 e. The van der Waals surface area contributed by atoms with E-state index in [2.05, 4.69) is 20.8 Å². The number of ether oxygens (including phenoxy) is 1. The van der Waals surface area contributed by atoms with Gasteiger partial charge in [0.15, 0.2) is 0 Å². The first-order valence-electron chi connectivity index (χ1n) is 8.83. The third kappa shape index (κ3) is 5.07. The molecule has 0 spiro atoms. The number of hydrogen-bond donors (Lipinski definition) is 1. The molecule has 1 aliphatic rings. The minimum Gasteiger partial charge on any atom is -0.379 e. The van der Waals surface area contributed by atoms with Crippen molar-refractivity contribution < 1.29 is 17.9 Å². The third-order valence-corrected chi connectivity index (χ3v) is 7.02. The van der Waals surface area contributed by atoms with Crippen LogP contribution in [0.5, 0.6) is 0 Å². The van der Waals surface area contributed by atoms with E-state index in [1.807, 2.05) is 6.92 Å². The van der Waals surface area contributed by atoms with Crippen LogP contribution in [0.25, 0.3) is 0 Å². The molecule has 1 aromatic carbocycles. The SMILES string of the molecule is CCn1nnnc1SCC(=O)NCc1ccc(S(=O)(=O)N2CCOCC2)cc1. The quantitative estimate of drug-likeness (QED) is 0.591. The molecule has 2 heterocycles. The van der Waals surface area contributed by atoms with Crippen LogP contribution >= 0.6 is 11.8 Å². The highest BCUT2D eigenvalue weighted by molar-refractivity contribution is 7.99. The first-order valence-corrected chi connectivity index (χ1v) is 11.3. The topological polar surface area (TPSA) is 119 Å². The van der Waals surface area contributed by atoms with Crippen LogP contribution in [0.2, 0.25) is 0 Å². The third-order valence-electron chi connectivity index (χ3n) is 4.15. The lowest BCUT2D eigenvalue weighted by Crippen LogP contribution is -2.40. The van der Waals surface area contributed by atoms with Gasteiger partial charge in [0.1, 0.15) is 0 Å². The number of sulfonamides is 1. The number of amides is 1. The molecular formula is C16H22N6O4S2. The normalized spacial score (nSPS) is 15.5. The molecule has 1 saturated heterocycles. The van der Waals surface area contributed by atoms with E-state index in [9.17, 15) is 13.2 Å². The molecule has 0 aliphatic carbocycles. The molecule has 10 nitrogen and oxygen atoms in total. The summed E-state index contributed by atoms with van der Waals surface area (Å²) in [5.41, 5.74) is 0.817. The number of aryl methyl sites for hydroxylation is 1. The fourth-order valence-electron chi connectivity index (χ4n) is 2.60. The van der Waals surface area contributed by atoms with Gasteiger partial charge < -0.3 is 10.1 Å². The minimum absolute atomic E-state index is 0.152. The number of benzene rings is 1. The lowest BCUT2D eigenvalue weighted by atomic mass is 10.2. The summed E-state index contributed by atoms with van der Waals surface area (Å²) in [5, 5.41) is 14.7. The minimum atomic E-state index is -3.51. The highest BCUT2D eigenvalue weighted by Crippen LogP contribution is 2.18. The van der Waals surface area contributed by atoms with Crippen LogP contribution in [0.4, 0.5) is 0 Å². The molecule has 0 unspecified atom stereocenters. The van der Waals surface area contributed by atoms with Gasteiger partial charge in [0, 0.05) is 26.2 Å². The number of aromatic nitrogens is 4. The number of nitrogens with zero attached hydrogens (tertiary/aromatic N) is 5. The summed E-state index contributed by atoms with van der Waals surface area (Å²) in [7, 11) is -3.51. The van der Waals surface area contributed by atoms with Crippen LogP contribution in [0.1, 0.15) is 12.5 Å². The van der Waals surface area contributed by atoms with Crippen LogP contribution < -0.4 is 5.32 Å². The van der Waals surface area contributed by atoms with Crippen LogP contribution in [0, 0.1) is 0 Å². The van der Waals surface area contributed by atoms with E-state index in [0.29, 0.717) is 44.5 Å². The van der Waals surface area contributed by atoms with Crippen molar-refractivity contribution in [1.29, 1.82) is 0 Å². The second-order valence-electron chi connectivity index (χ2n) is 6.00. The van der Waals surface area contributed by atoms with Crippen molar-refractivity contribution in [2.24, 2.45) is 0 Å². The van der Waals surface area contributed by atoms with Gasteiger partial charge >= 0.3 is 0 Å². The number of thioether (sulfide) groups is 1. The number of nitrogens with one attached hydrogen (secondary N) is 1. The van der Waals surface area contributed by atoms with E-state index in [-0.39, 0.29) is 16.6 Å². The molecular weight excluding hydrogens is 404 g/mol. The van der Waals surface area contributed by atoms with Gasteiger partial charge in [-0.3, -0.25) is 4.79 Å². The van der Waals surface area contributed by atoms with Gasteiger partial charge in [0.2, 0.25) is 21.1 Å². The van der Waals surface area contributed by atoms with E-state index < -0.39 is 10.0 Å². The van der Waals surface area contributed by atoms with Crippen molar-refractivity contribution in [3.63, 3.8) is 0 Å². The Hall–Kier alpha value is -2.02. The monoisotopic (exact) mass is 426 g/mol. The van der Waals surface area contributed by atoms with Gasteiger partial charge in [-0.25, -0.2) is 13.1 Å². The standard InChI is InChI=1S/C16H22N6O4S2/c1-2-22-16(18-19-20-22)27-12-15(23)17-11-13-3-5-14(6-4-13)28(24,25)21-7-9-26-10-8-21/h3-6H,2,7-12H2,1H3,(H,17,23). The van der Waals surface area contributed by atoms with Crippen molar-refractivity contribution in [1.82, 2.24) is 29.8 Å².